The van der Waals surface area contributed by atoms with Gasteiger partial charge >= 0.3 is 0 Å². The van der Waals surface area contributed by atoms with Crippen LogP contribution in [0.4, 0.5) is 11.6 Å². The number of hydrogen-bond acceptors (Lipinski definition) is 5. The molecule has 0 radical (unpaired) electrons. The van der Waals surface area contributed by atoms with Crippen LogP contribution in [-0.2, 0) is 11.3 Å². The molecule has 3 aromatic rings. The molecule has 26 heavy (non-hydrogen) atoms. The average molecular weight is 342 g/mol. The van der Waals surface area contributed by atoms with Gasteiger partial charge in [-0.15, -0.1) is 0 Å². The minimum atomic E-state index is -0.373. The summed E-state index contributed by atoms with van der Waals surface area (Å²) in [6.07, 6.45) is 0. The average Bonchev–Trinajstić information content (AvgIpc) is 2.97. The molecule has 3 N–H and O–H groups in total. The third-order valence-corrected chi connectivity index (χ3v) is 3.79. The Hall–Kier alpha value is -4.10. The van der Waals surface area contributed by atoms with E-state index in [4.69, 9.17) is 16.3 Å². The van der Waals surface area contributed by atoms with Gasteiger partial charge in [0, 0.05) is 5.69 Å². The van der Waals surface area contributed by atoms with E-state index in [2.05, 4.69) is 10.3 Å². The highest BCUT2D eigenvalue weighted by Crippen LogP contribution is 2.21. The summed E-state index contributed by atoms with van der Waals surface area (Å²) in [5.74, 6) is -0.421. The molecule has 1 heterocycles. The lowest BCUT2D eigenvalue weighted by molar-refractivity contribution is -0.116. The van der Waals surface area contributed by atoms with Gasteiger partial charge in [0.2, 0.25) is 11.9 Å². The molecule has 0 unspecified atom stereocenters. The van der Waals surface area contributed by atoms with Crippen LogP contribution in [0.15, 0.2) is 54.6 Å². The van der Waals surface area contributed by atoms with Crippen LogP contribution in [0.25, 0.3) is 11.1 Å². The molecule has 0 aliphatic heterocycles. The number of carbonyl (C=O) groups excluding carboxylic acids is 1. The predicted octanol–water partition coefficient (Wildman–Crippen LogP) is 2.51. The molecule has 7 heteroatoms. The fourth-order valence-electron chi connectivity index (χ4n) is 2.54. The van der Waals surface area contributed by atoms with E-state index in [0.29, 0.717) is 5.69 Å². The Morgan fingerprint density at radius 3 is 2.31 bits per heavy atom. The molecule has 3 rings (SSSR count). The summed E-state index contributed by atoms with van der Waals surface area (Å²) in [5, 5.41) is 20.8. The summed E-state index contributed by atoms with van der Waals surface area (Å²) in [7, 11) is 0. The van der Waals surface area contributed by atoms with E-state index in [0.717, 1.165) is 11.1 Å². The van der Waals surface area contributed by atoms with Crippen molar-refractivity contribution in [2.75, 3.05) is 11.1 Å². The van der Waals surface area contributed by atoms with Crippen molar-refractivity contribution in [2.24, 2.45) is 0 Å². The largest absolute Gasteiger partial charge is 0.369 e. The van der Waals surface area contributed by atoms with Crippen LogP contribution in [0.5, 0.6) is 0 Å². The standard InChI is InChI=1S/C19H14N6O/c20-10-16-17(11-21)25(19(22)24-16)12-18(26)23-15-8-6-14(7-9-15)13-4-2-1-3-5-13/h1-9H,12H2,(H2,22,24)(H,23,26). The molecule has 0 saturated carbocycles. The molecule has 0 fully saturated rings. The van der Waals surface area contributed by atoms with Crippen LogP contribution in [0, 0.1) is 22.7 Å². The summed E-state index contributed by atoms with van der Waals surface area (Å²) in [5.41, 5.74) is 8.30. The Bertz CT molecular complexity index is 1020. The molecule has 1 amide bonds. The first-order valence-electron chi connectivity index (χ1n) is 7.74. The van der Waals surface area contributed by atoms with Gasteiger partial charge in [0.05, 0.1) is 0 Å². The number of nitrogens with two attached hydrogens (primary N) is 1. The number of rotatable bonds is 4. The topological polar surface area (TPSA) is 121 Å². The number of hydrogen-bond donors (Lipinski definition) is 2. The van der Waals surface area contributed by atoms with Gasteiger partial charge in [0.15, 0.2) is 11.4 Å². The van der Waals surface area contributed by atoms with Gasteiger partial charge in [-0.2, -0.15) is 10.5 Å². The van der Waals surface area contributed by atoms with E-state index in [1.807, 2.05) is 48.5 Å². The van der Waals surface area contributed by atoms with Crippen molar-refractivity contribution in [3.05, 3.63) is 66.0 Å². The van der Waals surface area contributed by atoms with Crippen molar-refractivity contribution in [1.29, 1.82) is 10.5 Å². The SMILES string of the molecule is N#Cc1nc(N)n(CC(=O)Nc2ccc(-c3ccccc3)cc2)c1C#N. The number of nitrogen functional groups attached to an aromatic ring is 1. The molecule has 7 nitrogen and oxygen atoms in total. The number of carbonyl (C=O) groups is 1. The van der Waals surface area contributed by atoms with Gasteiger partial charge in [-0.3, -0.25) is 9.36 Å². The summed E-state index contributed by atoms with van der Waals surface area (Å²) in [4.78, 5) is 16.0. The highest BCUT2D eigenvalue weighted by atomic mass is 16.1. The van der Waals surface area contributed by atoms with Crippen molar-refractivity contribution < 1.29 is 4.79 Å². The van der Waals surface area contributed by atoms with Crippen molar-refractivity contribution in [1.82, 2.24) is 9.55 Å². The fourth-order valence-corrected chi connectivity index (χ4v) is 2.54. The Morgan fingerprint density at radius 2 is 1.69 bits per heavy atom. The first-order valence-corrected chi connectivity index (χ1v) is 7.74. The zero-order chi connectivity index (χ0) is 18.5. The monoisotopic (exact) mass is 342 g/mol. The number of amides is 1. The fraction of sp³-hybridized carbons (Fsp3) is 0.0526. The van der Waals surface area contributed by atoms with Crippen LogP contribution in [0.2, 0.25) is 0 Å². The molecule has 0 atom stereocenters. The van der Waals surface area contributed by atoms with Gasteiger partial charge in [-0.05, 0) is 23.3 Å². The van der Waals surface area contributed by atoms with Gasteiger partial charge < -0.3 is 11.1 Å². The Morgan fingerprint density at radius 1 is 1.04 bits per heavy atom. The molecule has 1 aromatic heterocycles. The molecule has 0 aliphatic carbocycles. The molecule has 0 aliphatic rings. The Kier molecular flexibility index (Phi) is 4.64. The van der Waals surface area contributed by atoms with E-state index in [1.54, 1.807) is 18.2 Å². The Labute approximate surface area is 149 Å². The molecule has 0 saturated heterocycles. The molecule has 2 aromatic carbocycles. The van der Waals surface area contributed by atoms with E-state index in [1.165, 1.54) is 4.57 Å². The number of imidazole rings is 1. The number of nitrogens with one attached hydrogen (secondary N) is 1. The lowest BCUT2D eigenvalue weighted by Gasteiger charge is -2.09. The van der Waals surface area contributed by atoms with E-state index in [9.17, 15) is 4.79 Å². The van der Waals surface area contributed by atoms with Crippen LogP contribution >= 0.6 is 0 Å². The summed E-state index contributed by atoms with van der Waals surface area (Å²) in [6, 6.07) is 20.9. The first-order chi connectivity index (χ1) is 12.6. The Balaban J connectivity index is 1.73. The maximum Gasteiger partial charge on any atom is 0.244 e. The van der Waals surface area contributed by atoms with Crippen molar-refractivity contribution >= 4 is 17.5 Å². The smallest absolute Gasteiger partial charge is 0.244 e. The van der Waals surface area contributed by atoms with Gasteiger partial charge in [0.1, 0.15) is 18.7 Å². The lowest BCUT2D eigenvalue weighted by atomic mass is 10.1. The van der Waals surface area contributed by atoms with Crippen molar-refractivity contribution in [2.45, 2.75) is 6.54 Å². The van der Waals surface area contributed by atoms with Crippen LogP contribution in [0.3, 0.4) is 0 Å². The second kappa shape index (κ2) is 7.20. The summed E-state index contributed by atoms with van der Waals surface area (Å²) < 4.78 is 1.21. The van der Waals surface area contributed by atoms with Crippen molar-refractivity contribution in [3.63, 3.8) is 0 Å². The molecular formula is C19H14N6O. The van der Waals surface area contributed by atoms with E-state index in [-0.39, 0.29) is 29.8 Å². The first kappa shape index (κ1) is 16.7. The molecule has 126 valence electrons. The lowest BCUT2D eigenvalue weighted by Crippen LogP contribution is -2.20. The highest BCUT2D eigenvalue weighted by Gasteiger charge is 2.17. The second-order valence-electron chi connectivity index (χ2n) is 5.47. The number of anilines is 2. The van der Waals surface area contributed by atoms with Gasteiger partial charge in [-0.1, -0.05) is 42.5 Å². The zero-order valence-corrected chi connectivity index (χ0v) is 13.7. The quantitative estimate of drug-likeness (QED) is 0.754. The summed E-state index contributed by atoms with van der Waals surface area (Å²) in [6.45, 7) is -0.205. The minimum Gasteiger partial charge on any atom is -0.369 e. The normalized spacial score (nSPS) is 9.92. The van der Waals surface area contributed by atoms with Crippen LogP contribution in [0.1, 0.15) is 11.4 Å². The number of aromatic nitrogens is 2. The van der Waals surface area contributed by atoms with Crippen molar-refractivity contribution in [3.8, 4) is 23.3 Å². The second-order valence-corrected chi connectivity index (χ2v) is 5.47. The van der Waals surface area contributed by atoms with Gasteiger partial charge in [0.25, 0.3) is 0 Å². The van der Waals surface area contributed by atoms with E-state index < -0.39 is 0 Å². The third-order valence-electron chi connectivity index (χ3n) is 3.79. The molecule has 0 bridgehead atoms. The summed E-state index contributed by atoms with van der Waals surface area (Å²) >= 11 is 0. The van der Waals surface area contributed by atoms with Crippen LogP contribution < -0.4 is 11.1 Å². The van der Waals surface area contributed by atoms with Crippen LogP contribution in [-0.4, -0.2) is 15.5 Å². The highest BCUT2D eigenvalue weighted by molar-refractivity contribution is 5.91. The maximum absolute atomic E-state index is 12.2. The number of benzene rings is 2. The zero-order valence-electron chi connectivity index (χ0n) is 13.7. The number of nitrogens with zero attached hydrogens (tertiary/aromatic N) is 4. The van der Waals surface area contributed by atoms with Gasteiger partial charge in [-0.25, -0.2) is 4.98 Å². The maximum atomic E-state index is 12.2. The molecular weight excluding hydrogens is 328 g/mol. The predicted molar refractivity (Wildman–Crippen MR) is 96.6 cm³/mol. The molecule has 0 spiro atoms. The third kappa shape index (κ3) is 3.37. The number of nitriles is 2. The minimum absolute atomic E-state index is 0.0282. The van der Waals surface area contributed by atoms with E-state index >= 15 is 0 Å².